The number of aromatic nitrogens is 3. The van der Waals surface area contributed by atoms with E-state index in [2.05, 4.69) is 25.8 Å². The standard InChI is InChI=1S/C21H17N5O5S2/c1-33(29,30)17(19-26-25-16(31-19)10-14-18(27)24-21(28)23-14)20-22-13-8-7-12(9-15(13)32-20)11-5-3-2-4-6-11/h2-9,14,17H,10H2,1H3,(H2,23,24,27,28). The van der Waals surface area contributed by atoms with Crippen molar-refractivity contribution in [1.29, 1.82) is 0 Å². The van der Waals surface area contributed by atoms with Crippen LogP contribution in [-0.4, -0.2) is 47.8 Å². The predicted octanol–water partition coefficient (Wildman–Crippen LogP) is 2.23. The van der Waals surface area contributed by atoms with Gasteiger partial charge in [-0.2, -0.15) is 0 Å². The van der Waals surface area contributed by atoms with Gasteiger partial charge in [-0.25, -0.2) is 18.2 Å². The number of carbonyl (C=O) groups is 2. The number of carbonyl (C=O) groups excluding carboxylic acids is 2. The van der Waals surface area contributed by atoms with Crippen LogP contribution in [0.15, 0.2) is 52.9 Å². The van der Waals surface area contributed by atoms with E-state index < -0.39 is 33.1 Å². The van der Waals surface area contributed by atoms with Crippen molar-refractivity contribution < 1.29 is 22.4 Å². The maximum absolute atomic E-state index is 12.7. The summed E-state index contributed by atoms with van der Waals surface area (Å²) in [4.78, 5) is 27.6. The smallest absolute Gasteiger partial charge is 0.322 e. The quantitative estimate of drug-likeness (QED) is 0.397. The van der Waals surface area contributed by atoms with E-state index in [1.165, 1.54) is 11.3 Å². The van der Waals surface area contributed by atoms with Gasteiger partial charge in [-0.05, 0) is 23.3 Å². The number of fused-ring (bicyclic) bond motifs is 1. The number of imide groups is 1. The first-order valence-electron chi connectivity index (χ1n) is 9.86. The Morgan fingerprint density at radius 3 is 2.58 bits per heavy atom. The van der Waals surface area contributed by atoms with Crippen LogP contribution in [0.2, 0.25) is 0 Å². The fourth-order valence-electron chi connectivity index (χ4n) is 3.57. The predicted molar refractivity (Wildman–Crippen MR) is 120 cm³/mol. The molecule has 1 aliphatic heterocycles. The van der Waals surface area contributed by atoms with Gasteiger partial charge in [0.2, 0.25) is 11.8 Å². The highest BCUT2D eigenvalue weighted by Gasteiger charge is 2.35. The second-order valence-corrected chi connectivity index (χ2v) is 10.8. The summed E-state index contributed by atoms with van der Waals surface area (Å²) in [6.45, 7) is 0. The Morgan fingerprint density at radius 2 is 1.88 bits per heavy atom. The van der Waals surface area contributed by atoms with Crippen LogP contribution in [-0.2, 0) is 21.1 Å². The maximum Gasteiger partial charge on any atom is 0.322 e. The molecule has 3 amide bonds. The molecule has 2 aromatic carbocycles. The van der Waals surface area contributed by atoms with E-state index in [1.54, 1.807) is 0 Å². The molecule has 0 saturated carbocycles. The maximum atomic E-state index is 12.7. The van der Waals surface area contributed by atoms with Gasteiger partial charge in [0.25, 0.3) is 5.91 Å². The summed E-state index contributed by atoms with van der Waals surface area (Å²) in [5.41, 5.74) is 2.69. The third-order valence-corrected chi connectivity index (χ3v) is 7.62. The molecule has 2 atom stereocenters. The highest BCUT2D eigenvalue weighted by Crippen LogP contribution is 2.36. The Kier molecular flexibility index (Phi) is 5.17. The number of benzene rings is 2. The SMILES string of the molecule is CS(=O)(=O)C(c1nnc(CC2NC(=O)NC2=O)o1)c1nc2ccc(-c3ccccc3)cc2s1. The van der Waals surface area contributed by atoms with Gasteiger partial charge in [0.05, 0.1) is 16.6 Å². The number of nitrogens with zero attached hydrogens (tertiary/aromatic N) is 3. The zero-order valence-electron chi connectivity index (χ0n) is 17.2. The number of thiazole rings is 1. The van der Waals surface area contributed by atoms with Gasteiger partial charge in [0.15, 0.2) is 15.1 Å². The minimum absolute atomic E-state index is 0.0356. The van der Waals surface area contributed by atoms with Crippen LogP contribution in [0.3, 0.4) is 0 Å². The van der Waals surface area contributed by atoms with Crippen LogP contribution in [0, 0.1) is 0 Å². The molecule has 12 heteroatoms. The van der Waals surface area contributed by atoms with Gasteiger partial charge in [-0.3, -0.25) is 10.1 Å². The Hall–Kier alpha value is -3.64. The number of nitrogens with one attached hydrogen (secondary N) is 2. The lowest BCUT2D eigenvalue weighted by Gasteiger charge is -2.07. The number of urea groups is 1. The Balaban J connectivity index is 1.48. The van der Waals surface area contributed by atoms with Gasteiger partial charge in [-0.15, -0.1) is 21.5 Å². The number of hydrogen-bond donors (Lipinski definition) is 2. The molecule has 1 fully saturated rings. The van der Waals surface area contributed by atoms with Gasteiger partial charge in [0, 0.05) is 6.26 Å². The van der Waals surface area contributed by atoms with Crippen molar-refractivity contribution in [3.8, 4) is 11.1 Å². The first-order valence-corrected chi connectivity index (χ1v) is 12.6. The molecule has 168 valence electrons. The van der Waals surface area contributed by atoms with E-state index in [9.17, 15) is 18.0 Å². The minimum Gasteiger partial charge on any atom is -0.423 e. The molecular formula is C21H17N5O5S2. The third kappa shape index (κ3) is 4.22. The molecule has 2 N–H and O–H groups in total. The highest BCUT2D eigenvalue weighted by atomic mass is 32.2. The summed E-state index contributed by atoms with van der Waals surface area (Å²) in [7, 11) is -3.71. The molecule has 2 unspecified atom stereocenters. The third-order valence-electron chi connectivity index (χ3n) is 5.11. The van der Waals surface area contributed by atoms with E-state index in [1.807, 2.05) is 48.5 Å². The molecule has 10 nitrogen and oxygen atoms in total. The lowest BCUT2D eigenvalue weighted by atomic mass is 10.1. The highest BCUT2D eigenvalue weighted by molar-refractivity contribution is 7.91. The summed E-state index contributed by atoms with van der Waals surface area (Å²) < 4.78 is 31.7. The normalized spacial score (nSPS) is 17.2. The van der Waals surface area contributed by atoms with E-state index in [-0.39, 0.29) is 18.2 Å². The summed E-state index contributed by atoms with van der Waals surface area (Å²) in [5, 5.41) is 11.4. The fourth-order valence-corrected chi connectivity index (χ4v) is 6.10. The number of rotatable bonds is 6. The molecule has 1 aliphatic rings. The van der Waals surface area contributed by atoms with Crippen molar-refractivity contribution in [3.63, 3.8) is 0 Å². The molecule has 0 bridgehead atoms. The average molecular weight is 484 g/mol. The molecular weight excluding hydrogens is 466 g/mol. The second kappa shape index (κ2) is 8.05. The summed E-state index contributed by atoms with van der Waals surface area (Å²) >= 11 is 1.24. The molecule has 3 heterocycles. The fraction of sp³-hybridized carbons (Fsp3) is 0.190. The van der Waals surface area contributed by atoms with E-state index in [4.69, 9.17) is 4.42 Å². The Morgan fingerprint density at radius 1 is 1.09 bits per heavy atom. The van der Waals surface area contributed by atoms with Crippen LogP contribution in [0.4, 0.5) is 4.79 Å². The Labute approximate surface area is 192 Å². The second-order valence-electron chi connectivity index (χ2n) is 7.56. The van der Waals surface area contributed by atoms with Crippen molar-refractivity contribution in [2.45, 2.75) is 17.7 Å². The topological polar surface area (TPSA) is 144 Å². The molecule has 33 heavy (non-hydrogen) atoms. The van der Waals surface area contributed by atoms with Crippen LogP contribution in [0.5, 0.6) is 0 Å². The van der Waals surface area contributed by atoms with Gasteiger partial charge < -0.3 is 9.73 Å². The molecule has 1 saturated heterocycles. The lowest BCUT2D eigenvalue weighted by Crippen LogP contribution is -2.31. The van der Waals surface area contributed by atoms with Crippen molar-refractivity contribution in [2.24, 2.45) is 0 Å². The summed E-state index contributed by atoms with van der Waals surface area (Å²) in [6.07, 6.45) is 1.02. The first-order chi connectivity index (χ1) is 15.8. The summed E-state index contributed by atoms with van der Waals surface area (Å²) in [5.74, 6) is -0.618. The van der Waals surface area contributed by atoms with E-state index >= 15 is 0 Å². The zero-order chi connectivity index (χ0) is 23.2. The van der Waals surface area contributed by atoms with E-state index in [0.29, 0.717) is 10.5 Å². The molecule has 0 spiro atoms. The Bertz CT molecular complexity index is 1480. The molecule has 4 aromatic rings. The number of amides is 3. The van der Waals surface area contributed by atoms with Crippen LogP contribution >= 0.6 is 11.3 Å². The summed E-state index contributed by atoms with van der Waals surface area (Å²) in [6, 6.07) is 14.1. The van der Waals surface area contributed by atoms with Gasteiger partial charge in [-0.1, -0.05) is 36.4 Å². The van der Waals surface area contributed by atoms with Crippen LogP contribution in [0.25, 0.3) is 21.3 Å². The average Bonchev–Trinajstić information content (AvgIpc) is 3.46. The molecule has 0 aliphatic carbocycles. The van der Waals surface area contributed by atoms with Crippen molar-refractivity contribution in [3.05, 3.63) is 65.3 Å². The van der Waals surface area contributed by atoms with Gasteiger partial charge in [0.1, 0.15) is 11.0 Å². The number of hydrogen-bond acceptors (Lipinski definition) is 9. The first kappa shape index (κ1) is 21.2. The molecule has 0 radical (unpaired) electrons. The molecule has 5 rings (SSSR count). The molecule has 2 aromatic heterocycles. The largest absolute Gasteiger partial charge is 0.423 e. The van der Waals surface area contributed by atoms with Gasteiger partial charge >= 0.3 is 6.03 Å². The van der Waals surface area contributed by atoms with Crippen LogP contribution in [0.1, 0.15) is 22.0 Å². The lowest BCUT2D eigenvalue weighted by molar-refractivity contribution is -0.120. The van der Waals surface area contributed by atoms with Crippen LogP contribution < -0.4 is 10.6 Å². The van der Waals surface area contributed by atoms with Crippen molar-refractivity contribution in [1.82, 2.24) is 25.8 Å². The zero-order valence-corrected chi connectivity index (χ0v) is 18.8. The monoisotopic (exact) mass is 483 g/mol. The van der Waals surface area contributed by atoms with Crippen molar-refractivity contribution >= 4 is 43.3 Å². The minimum atomic E-state index is -3.71. The van der Waals surface area contributed by atoms with Crippen molar-refractivity contribution in [2.75, 3.05) is 6.26 Å². The number of sulfone groups is 1. The van der Waals surface area contributed by atoms with E-state index in [0.717, 1.165) is 22.1 Å².